The van der Waals surface area contributed by atoms with Crippen molar-refractivity contribution in [1.82, 2.24) is 20.1 Å². The number of hydrogen-bond acceptors (Lipinski definition) is 4. The Morgan fingerprint density at radius 3 is 3.00 bits per heavy atom. The highest BCUT2D eigenvalue weighted by Crippen LogP contribution is 2.08. The quantitative estimate of drug-likeness (QED) is 0.822. The van der Waals surface area contributed by atoms with Gasteiger partial charge in [-0.2, -0.15) is 5.10 Å². The van der Waals surface area contributed by atoms with Crippen LogP contribution in [0, 0.1) is 0 Å². The Morgan fingerprint density at radius 2 is 2.33 bits per heavy atom. The van der Waals surface area contributed by atoms with Crippen LogP contribution in [0.2, 0.25) is 0 Å². The molecular weight excluding hydrogens is 230 g/mol. The average molecular weight is 245 g/mol. The summed E-state index contributed by atoms with van der Waals surface area (Å²) in [5.74, 6) is 0.586. The summed E-state index contributed by atoms with van der Waals surface area (Å²) < 4.78 is 0. The van der Waals surface area contributed by atoms with E-state index in [2.05, 4.69) is 15.2 Å². The largest absolute Gasteiger partial charge is 0.334 e. The summed E-state index contributed by atoms with van der Waals surface area (Å²) in [5.41, 5.74) is 7.12. The second-order valence-corrected chi connectivity index (χ2v) is 4.00. The van der Waals surface area contributed by atoms with Crippen molar-refractivity contribution in [3.8, 4) is 0 Å². The van der Waals surface area contributed by atoms with E-state index in [1.54, 1.807) is 24.1 Å². The third-order valence-corrected chi connectivity index (χ3v) is 2.61. The van der Waals surface area contributed by atoms with Crippen LogP contribution in [0.4, 0.5) is 0 Å². The van der Waals surface area contributed by atoms with E-state index >= 15 is 0 Å². The second kappa shape index (κ2) is 5.42. The summed E-state index contributed by atoms with van der Waals surface area (Å²) in [5, 5.41) is 6.47. The number of nitrogens with two attached hydrogens (primary N) is 1. The Hall–Kier alpha value is -2.21. The number of rotatable bonds is 4. The van der Waals surface area contributed by atoms with E-state index in [-0.39, 0.29) is 5.91 Å². The van der Waals surface area contributed by atoms with Crippen molar-refractivity contribution in [3.63, 3.8) is 0 Å². The SMILES string of the molecule is CN(Cc1ncn[nH]1)C(=O)c1cccc(CN)c1. The van der Waals surface area contributed by atoms with E-state index in [1.807, 2.05) is 12.1 Å². The zero-order chi connectivity index (χ0) is 13.0. The number of aromatic amines is 1. The van der Waals surface area contributed by atoms with Crippen LogP contribution in [0.25, 0.3) is 0 Å². The van der Waals surface area contributed by atoms with E-state index in [9.17, 15) is 4.79 Å². The number of nitrogens with one attached hydrogen (secondary N) is 1. The van der Waals surface area contributed by atoms with Crippen LogP contribution in [0.1, 0.15) is 21.7 Å². The van der Waals surface area contributed by atoms with E-state index in [1.165, 1.54) is 6.33 Å². The molecule has 1 amide bonds. The first-order valence-electron chi connectivity index (χ1n) is 5.59. The lowest BCUT2D eigenvalue weighted by Gasteiger charge is -2.15. The van der Waals surface area contributed by atoms with E-state index in [4.69, 9.17) is 5.73 Å². The Balaban J connectivity index is 2.10. The summed E-state index contributed by atoms with van der Waals surface area (Å²) in [6, 6.07) is 7.31. The summed E-state index contributed by atoms with van der Waals surface area (Å²) in [6.07, 6.45) is 1.42. The van der Waals surface area contributed by atoms with Gasteiger partial charge in [0.05, 0.1) is 6.54 Å². The highest BCUT2D eigenvalue weighted by Gasteiger charge is 2.13. The molecule has 2 aromatic rings. The third-order valence-electron chi connectivity index (χ3n) is 2.61. The average Bonchev–Trinajstić information content (AvgIpc) is 2.90. The van der Waals surface area contributed by atoms with Gasteiger partial charge in [-0.25, -0.2) is 4.98 Å². The number of H-pyrrole nitrogens is 1. The number of benzene rings is 1. The van der Waals surface area contributed by atoms with Crippen molar-refractivity contribution in [2.75, 3.05) is 7.05 Å². The Bertz CT molecular complexity index is 523. The van der Waals surface area contributed by atoms with Gasteiger partial charge in [0.25, 0.3) is 5.91 Å². The zero-order valence-corrected chi connectivity index (χ0v) is 10.1. The van der Waals surface area contributed by atoms with E-state index in [0.717, 1.165) is 5.56 Å². The van der Waals surface area contributed by atoms with Crippen LogP contribution >= 0.6 is 0 Å². The Kier molecular flexibility index (Phi) is 3.69. The van der Waals surface area contributed by atoms with E-state index in [0.29, 0.717) is 24.5 Å². The normalized spacial score (nSPS) is 10.3. The maximum Gasteiger partial charge on any atom is 0.254 e. The number of carbonyl (C=O) groups is 1. The van der Waals surface area contributed by atoms with Gasteiger partial charge in [0.2, 0.25) is 0 Å². The molecule has 0 aliphatic heterocycles. The van der Waals surface area contributed by atoms with Crippen LogP contribution in [-0.2, 0) is 13.1 Å². The molecule has 94 valence electrons. The lowest BCUT2D eigenvalue weighted by molar-refractivity contribution is 0.0781. The highest BCUT2D eigenvalue weighted by atomic mass is 16.2. The first-order chi connectivity index (χ1) is 8.70. The molecule has 0 aliphatic carbocycles. The van der Waals surface area contributed by atoms with Gasteiger partial charge >= 0.3 is 0 Å². The van der Waals surface area contributed by atoms with Crippen LogP contribution in [0.5, 0.6) is 0 Å². The summed E-state index contributed by atoms with van der Waals surface area (Å²) in [4.78, 5) is 17.7. The first kappa shape index (κ1) is 12.3. The van der Waals surface area contributed by atoms with E-state index < -0.39 is 0 Å². The first-order valence-corrected chi connectivity index (χ1v) is 5.59. The number of amides is 1. The fraction of sp³-hybridized carbons (Fsp3) is 0.250. The number of aromatic nitrogens is 3. The maximum absolute atomic E-state index is 12.2. The summed E-state index contributed by atoms with van der Waals surface area (Å²) >= 11 is 0. The molecule has 1 aromatic carbocycles. The molecule has 18 heavy (non-hydrogen) atoms. The third kappa shape index (κ3) is 2.72. The van der Waals surface area contributed by atoms with Gasteiger partial charge in [-0.05, 0) is 17.7 Å². The molecule has 0 aliphatic rings. The molecule has 0 fully saturated rings. The van der Waals surface area contributed by atoms with Gasteiger partial charge in [0, 0.05) is 19.2 Å². The highest BCUT2D eigenvalue weighted by molar-refractivity contribution is 5.94. The minimum atomic E-state index is -0.0679. The monoisotopic (exact) mass is 245 g/mol. The molecule has 0 radical (unpaired) electrons. The molecule has 1 aromatic heterocycles. The fourth-order valence-corrected chi connectivity index (χ4v) is 1.66. The van der Waals surface area contributed by atoms with Gasteiger partial charge in [0.1, 0.15) is 12.2 Å². The van der Waals surface area contributed by atoms with Gasteiger partial charge in [-0.1, -0.05) is 12.1 Å². The molecule has 6 nitrogen and oxygen atoms in total. The molecular formula is C12H15N5O. The predicted molar refractivity (Wildman–Crippen MR) is 66.5 cm³/mol. The van der Waals surface area contributed by atoms with Gasteiger partial charge < -0.3 is 10.6 Å². The van der Waals surface area contributed by atoms with Gasteiger partial charge in [-0.15, -0.1) is 0 Å². The number of hydrogen-bond donors (Lipinski definition) is 2. The van der Waals surface area contributed by atoms with Crippen LogP contribution in [0.15, 0.2) is 30.6 Å². The van der Waals surface area contributed by atoms with Crippen molar-refractivity contribution in [1.29, 1.82) is 0 Å². The molecule has 0 atom stereocenters. The van der Waals surface area contributed by atoms with Crippen molar-refractivity contribution >= 4 is 5.91 Å². The molecule has 1 heterocycles. The number of carbonyl (C=O) groups excluding carboxylic acids is 1. The van der Waals surface area contributed by atoms with Crippen molar-refractivity contribution in [2.45, 2.75) is 13.1 Å². The molecule has 0 spiro atoms. The van der Waals surface area contributed by atoms with Crippen LogP contribution in [-0.4, -0.2) is 33.0 Å². The maximum atomic E-state index is 12.2. The molecule has 3 N–H and O–H groups in total. The van der Waals surface area contributed by atoms with Gasteiger partial charge in [-0.3, -0.25) is 9.89 Å². The predicted octanol–water partition coefficient (Wildman–Crippen LogP) is 0.536. The Morgan fingerprint density at radius 1 is 1.50 bits per heavy atom. The topological polar surface area (TPSA) is 87.9 Å². The Labute approximate surface area is 105 Å². The smallest absolute Gasteiger partial charge is 0.254 e. The zero-order valence-electron chi connectivity index (χ0n) is 10.1. The molecule has 0 saturated carbocycles. The molecule has 0 unspecified atom stereocenters. The molecule has 0 saturated heterocycles. The molecule has 2 rings (SSSR count). The second-order valence-electron chi connectivity index (χ2n) is 4.00. The molecule has 0 bridgehead atoms. The number of nitrogens with zero attached hydrogens (tertiary/aromatic N) is 3. The summed E-state index contributed by atoms with van der Waals surface area (Å²) in [6.45, 7) is 0.818. The van der Waals surface area contributed by atoms with Crippen LogP contribution in [0.3, 0.4) is 0 Å². The minimum Gasteiger partial charge on any atom is -0.334 e. The molecule has 6 heteroatoms. The van der Waals surface area contributed by atoms with Gasteiger partial charge in [0.15, 0.2) is 0 Å². The van der Waals surface area contributed by atoms with Crippen molar-refractivity contribution in [2.24, 2.45) is 5.73 Å². The minimum absolute atomic E-state index is 0.0679. The van der Waals surface area contributed by atoms with Crippen molar-refractivity contribution < 1.29 is 4.79 Å². The fourth-order valence-electron chi connectivity index (χ4n) is 1.66. The lowest BCUT2D eigenvalue weighted by atomic mass is 10.1. The standard InChI is InChI=1S/C12H15N5O/c1-17(7-11-14-8-15-16-11)12(18)10-4-2-3-9(5-10)6-13/h2-5,8H,6-7,13H2,1H3,(H,14,15,16). The van der Waals surface area contributed by atoms with Crippen molar-refractivity contribution in [3.05, 3.63) is 47.5 Å². The lowest BCUT2D eigenvalue weighted by Crippen LogP contribution is -2.26. The van der Waals surface area contributed by atoms with Crippen LogP contribution < -0.4 is 5.73 Å². The summed E-state index contributed by atoms with van der Waals surface area (Å²) in [7, 11) is 1.72.